The highest BCUT2D eigenvalue weighted by Crippen LogP contribution is 2.30. The summed E-state index contributed by atoms with van der Waals surface area (Å²) in [6.45, 7) is 0. The fourth-order valence-electron chi connectivity index (χ4n) is 1.53. The number of rotatable bonds is 3. The Morgan fingerprint density at radius 1 is 1.40 bits per heavy atom. The van der Waals surface area contributed by atoms with E-state index in [-0.39, 0.29) is 6.29 Å². The van der Waals surface area contributed by atoms with Crippen molar-refractivity contribution in [1.82, 2.24) is 0 Å². The highest BCUT2D eigenvalue weighted by Gasteiger charge is 2.24. The van der Waals surface area contributed by atoms with Crippen LogP contribution in [0.5, 0.6) is 0 Å². The average Bonchev–Trinajstić information content (AvgIpc) is 2.43. The van der Waals surface area contributed by atoms with Crippen LogP contribution in [0.15, 0.2) is 0 Å². The lowest BCUT2D eigenvalue weighted by molar-refractivity contribution is -0.0650. The maximum Gasteiger partial charge on any atom is 0.171 e. The molecule has 1 fully saturated rings. The van der Waals surface area contributed by atoms with Gasteiger partial charge in [0.15, 0.2) is 6.29 Å². The summed E-state index contributed by atoms with van der Waals surface area (Å²) in [4.78, 5) is 0. The van der Waals surface area contributed by atoms with Gasteiger partial charge in [0.2, 0.25) is 0 Å². The van der Waals surface area contributed by atoms with Gasteiger partial charge in [-0.1, -0.05) is 12.8 Å². The van der Waals surface area contributed by atoms with Crippen LogP contribution in [0.1, 0.15) is 25.7 Å². The number of ether oxygens (including phenoxy) is 1. The lowest BCUT2D eigenvalue weighted by atomic mass is 10.1. The minimum absolute atomic E-state index is 0.0306. The fraction of sp³-hybridized carbons (Fsp3) is 1.00. The van der Waals surface area contributed by atoms with Crippen LogP contribution in [-0.2, 0) is 7.80 Å². The summed E-state index contributed by atoms with van der Waals surface area (Å²) in [6, 6.07) is 0. The first-order valence-corrected chi connectivity index (χ1v) is 4.56. The van der Waals surface area contributed by atoms with E-state index in [1.807, 2.05) is 23.0 Å². The Hall–Kier alpha value is 0.650. The molecular weight excluding hydrogens is 243 g/mol. The summed E-state index contributed by atoms with van der Waals surface area (Å²) in [5.74, 6) is 0.641. The van der Waals surface area contributed by atoms with Crippen LogP contribution < -0.4 is 0 Å². The van der Waals surface area contributed by atoms with Crippen molar-refractivity contribution in [2.24, 2.45) is 5.92 Å². The van der Waals surface area contributed by atoms with Gasteiger partial charge in [0, 0.05) is 13.0 Å². The minimum atomic E-state index is 0.0306. The Balaban J connectivity index is 2.29. The molecule has 0 bridgehead atoms. The van der Waals surface area contributed by atoms with Gasteiger partial charge in [0.1, 0.15) is 23.0 Å². The van der Waals surface area contributed by atoms with E-state index in [1.165, 1.54) is 25.7 Å². The average molecular weight is 256 g/mol. The van der Waals surface area contributed by atoms with Crippen molar-refractivity contribution in [3.05, 3.63) is 0 Å². The van der Waals surface area contributed by atoms with Crippen molar-refractivity contribution < 1.29 is 7.80 Å². The molecule has 1 aliphatic carbocycles. The van der Waals surface area contributed by atoms with Gasteiger partial charge in [-0.25, -0.2) is 0 Å². The lowest BCUT2D eigenvalue weighted by Gasteiger charge is -2.17. The van der Waals surface area contributed by atoms with Gasteiger partial charge < -0.3 is 4.74 Å². The van der Waals surface area contributed by atoms with E-state index in [0.29, 0.717) is 5.92 Å². The van der Waals surface area contributed by atoms with E-state index >= 15 is 0 Å². The van der Waals surface area contributed by atoms with Gasteiger partial charge in [-0.3, -0.25) is 3.07 Å². The number of halogens is 1. The van der Waals surface area contributed by atoms with Crippen LogP contribution in [0.2, 0.25) is 0 Å². The van der Waals surface area contributed by atoms with Crippen molar-refractivity contribution in [1.29, 1.82) is 0 Å². The van der Waals surface area contributed by atoms with Crippen molar-refractivity contribution in [2.45, 2.75) is 32.0 Å². The van der Waals surface area contributed by atoms with Crippen LogP contribution in [0.3, 0.4) is 0 Å². The van der Waals surface area contributed by atoms with Gasteiger partial charge in [-0.2, -0.15) is 0 Å². The molecule has 60 valence electrons. The molecule has 1 unspecified atom stereocenters. The summed E-state index contributed by atoms with van der Waals surface area (Å²) in [7, 11) is 1.71. The molecule has 10 heavy (non-hydrogen) atoms. The SMILES string of the molecule is COC(OI)C1CCCC1. The second-order valence-corrected chi connectivity index (χ2v) is 3.25. The molecule has 0 aromatic heterocycles. The highest BCUT2D eigenvalue weighted by atomic mass is 127. The quantitative estimate of drug-likeness (QED) is 0.570. The number of hydrogen-bond acceptors (Lipinski definition) is 2. The molecule has 1 saturated carbocycles. The first-order chi connectivity index (χ1) is 4.88. The van der Waals surface area contributed by atoms with Crippen LogP contribution in [-0.4, -0.2) is 13.4 Å². The van der Waals surface area contributed by atoms with Gasteiger partial charge in [-0.05, 0) is 12.8 Å². The standard InChI is InChI=1S/C7H13IO2/c1-9-7(10-8)6-4-2-3-5-6/h6-7H,2-5H2,1H3. The van der Waals surface area contributed by atoms with E-state index < -0.39 is 0 Å². The fourth-order valence-corrected chi connectivity index (χ4v) is 2.15. The summed E-state index contributed by atoms with van der Waals surface area (Å²) < 4.78 is 10.3. The Bertz CT molecular complexity index is 87.6. The smallest absolute Gasteiger partial charge is 0.171 e. The van der Waals surface area contributed by atoms with Crippen molar-refractivity contribution in [2.75, 3.05) is 7.11 Å². The van der Waals surface area contributed by atoms with Crippen LogP contribution in [0.25, 0.3) is 0 Å². The minimum Gasteiger partial charge on any atom is -0.355 e. The van der Waals surface area contributed by atoms with Gasteiger partial charge >= 0.3 is 0 Å². The molecule has 1 atom stereocenters. The molecule has 0 spiro atoms. The zero-order valence-electron chi connectivity index (χ0n) is 6.18. The first-order valence-electron chi connectivity index (χ1n) is 3.68. The molecule has 1 rings (SSSR count). The largest absolute Gasteiger partial charge is 0.355 e. The Kier molecular flexibility index (Phi) is 3.95. The van der Waals surface area contributed by atoms with E-state index in [0.717, 1.165) is 0 Å². The van der Waals surface area contributed by atoms with Gasteiger partial charge in [0.25, 0.3) is 0 Å². The molecule has 1 aliphatic rings. The number of methoxy groups -OCH3 is 1. The summed E-state index contributed by atoms with van der Waals surface area (Å²) in [5.41, 5.74) is 0. The highest BCUT2D eigenvalue weighted by molar-refractivity contribution is 14.1. The molecule has 0 aromatic rings. The zero-order valence-corrected chi connectivity index (χ0v) is 8.34. The molecule has 0 aliphatic heterocycles. The van der Waals surface area contributed by atoms with Gasteiger partial charge in [-0.15, -0.1) is 0 Å². The molecule has 3 heteroatoms. The molecule has 0 saturated heterocycles. The van der Waals surface area contributed by atoms with Crippen LogP contribution in [0, 0.1) is 5.92 Å². The normalized spacial score (nSPS) is 23.4. The molecular formula is C7H13IO2. The molecule has 0 amide bonds. The van der Waals surface area contributed by atoms with Crippen LogP contribution >= 0.6 is 23.0 Å². The van der Waals surface area contributed by atoms with E-state index in [9.17, 15) is 0 Å². The Labute approximate surface area is 76.0 Å². The Morgan fingerprint density at radius 2 is 2.00 bits per heavy atom. The van der Waals surface area contributed by atoms with Crippen molar-refractivity contribution >= 4 is 23.0 Å². The maximum atomic E-state index is 5.15. The third-order valence-corrected chi connectivity index (χ3v) is 2.61. The lowest BCUT2D eigenvalue weighted by Crippen LogP contribution is -2.20. The summed E-state index contributed by atoms with van der Waals surface area (Å²) >= 11 is 1.91. The monoisotopic (exact) mass is 256 g/mol. The Morgan fingerprint density at radius 3 is 2.40 bits per heavy atom. The van der Waals surface area contributed by atoms with Crippen molar-refractivity contribution in [3.63, 3.8) is 0 Å². The molecule has 0 N–H and O–H groups in total. The molecule has 0 radical (unpaired) electrons. The first kappa shape index (κ1) is 8.74. The predicted octanol–water partition coefficient (Wildman–Crippen LogP) is 2.52. The second kappa shape index (κ2) is 4.51. The third kappa shape index (κ3) is 2.07. The second-order valence-electron chi connectivity index (χ2n) is 2.74. The number of hydrogen-bond donors (Lipinski definition) is 0. The molecule has 0 aromatic carbocycles. The van der Waals surface area contributed by atoms with E-state index in [4.69, 9.17) is 7.80 Å². The molecule has 0 heterocycles. The third-order valence-electron chi connectivity index (χ3n) is 2.10. The summed E-state index contributed by atoms with van der Waals surface area (Å²) in [6.07, 6.45) is 5.24. The predicted molar refractivity (Wildman–Crippen MR) is 47.9 cm³/mol. The van der Waals surface area contributed by atoms with E-state index in [2.05, 4.69) is 0 Å². The van der Waals surface area contributed by atoms with E-state index in [1.54, 1.807) is 7.11 Å². The molecule has 2 nitrogen and oxygen atoms in total. The van der Waals surface area contributed by atoms with Crippen molar-refractivity contribution in [3.8, 4) is 0 Å². The zero-order chi connectivity index (χ0) is 7.40. The topological polar surface area (TPSA) is 18.5 Å². The van der Waals surface area contributed by atoms with Crippen LogP contribution in [0.4, 0.5) is 0 Å². The maximum absolute atomic E-state index is 5.15. The summed E-state index contributed by atoms with van der Waals surface area (Å²) in [5, 5.41) is 0. The van der Waals surface area contributed by atoms with Gasteiger partial charge in [0.05, 0.1) is 0 Å².